The van der Waals surface area contributed by atoms with Crippen molar-refractivity contribution in [2.45, 2.75) is 77.7 Å². The molecular weight excluding hydrogens is 687 g/mol. The van der Waals surface area contributed by atoms with Crippen LogP contribution in [-0.2, 0) is 31.6 Å². The Morgan fingerprint density at radius 2 is 1.49 bits per heavy atom. The number of nitrogens with zero attached hydrogens (tertiary/aromatic N) is 3. The Morgan fingerprint density at radius 3 is 2.18 bits per heavy atom. The van der Waals surface area contributed by atoms with Crippen LogP contribution in [0.5, 0.6) is 0 Å². The number of carboxylic acid groups (broad SMARTS) is 2. The summed E-state index contributed by atoms with van der Waals surface area (Å²) in [5.74, 6) is -1.70. The van der Waals surface area contributed by atoms with E-state index in [1.54, 1.807) is 6.08 Å². The molecule has 2 aliphatic heterocycles. The van der Waals surface area contributed by atoms with E-state index in [4.69, 9.17) is 0 Å². The first-order valence-corrected chi connectivity index (χ1v) is 19.3. The van der Waals surface area contributed by atoms with Crippen LogP contribution in [0.15, 0.2) is 109 Å². The molecule has 0 amide bonds. The lowest BCUT2D eigenvalue weighted by molar-refractivity contribution is -0.137. The average molecular weight is 740 g/mol. The van der Waals surface area contributed by atoms with Crippen LogP contribution in [0, 0.1) is 0 Å². The molecule has 2 N–H and O–H groups in total. The number of anilines is 3. The maximum absolute atomic E-state index is 13.2. The summed E-state index contributed by atoms with van der Waals surface area (Å²) in [6.45, 7) is 15.5. The maximum Gasteiger partial charge on any atom is 0.305 e. The van der Waals surface area contributed by atoms with Gasteiger partial charge in [-0.15, -0.1) is 0 Å². The van der Waals surface area contributed by atoms with E-state index in [1.807, 2.05) is 42.5 Å². The quantitative estimate of drug-likeness (QED) is 0.117. The molecule has 55 heavy (non-hydrogen) atoms. The highest BCUT2D eigenvalue weighted by molar-refractivity contribution is 5.96. The summed E-state index contributed by atoms with van der Waals surface area (Å²) < 4.78 is 0. The van der Waals surface area contributed by atoms with Crippen LogP contribution in [0.2, 0.25) is 0 Å². The Balaban J connectivity index is 1.27. The average Bonchev–Trinajstić information content (AvgIpc) is 3.51. The minimum atomic E-state index is -0.862. The lowest BCUT2D eigenvalue weighted by Crippen LogP contribution is -2.41. The summed E-state index contributed by atoms with van der Waals surface area (Å²) in [6, 6.07) is 26.7. The van der Waals surface area contributed by atoms with Crippen molar-refractivity contribution in [2.75, 3.05) is 40.9 Å². The first-order valence-electron chi connectivity index (χ1n) is 19.3. The van der Waals surface area contributed by atoms with Gasteiger partial charge in [-0.2, -0.15) is 0 Å². The fourth-order valence-corrected chi connectivity index (χ4v) is 8.55. The van der Waals surface area contributed by atoms with E-state index in [1.165, 1.54) is 5.56 Å². The minimum absolute atomic E-state index is 0.00199. The van der Waals surface area contributed by atoms with E-state index in [0.29, 0.717) is 13.1 Å². The standard InChI is InChI=1S/C47H53N3O5/c1-7-48(8-2)35-21-16-32(17-22-35)18-23-36(51)30-33-19-24-39-38(31-33)46(3,4)41(49(39)28-26-43(52)53)14-11-15-42-47(5,6)45-37-13-10-9-12-34(37)20-25-40(45)50(42)29-27-44(54)55/h9-25,31,41H,7-8,26-30H2,1-6H3,(H,52,53)(H,54,55)/b14-11+,23-18+,42-15+. The maximum atomic E-state index is 13.2. The van der Waals surface area contributed by atoms with Crippen LogP contribution < -0.4 is 14.7 Å². The second-order valence-electron chi connectivity index (χ2n) is 15.6. The van der Waals surface area contributed by atoms with Gasteiger partial charge in [-0.3, -0.25) is 14.4 Å². The smallest absolute Gasteiger partial charge is 0.305 e. The number of carbonyl (C=O) groups excluding carboxylic acids is 1. The molecule has 8 heteroatoms. The lowest BCUT2D eigenvalue weighted by Gasteiger charge is -2.32. The van der Waals surface area contributed by atoms with Crippen molar-refractivity contribution in [2.24, 2.45) is 0 Å². The third-order valence-corrected chi connectivity index (χ3v) is 11.4. The van der Waals surface area contributed by atoms with Crippen LogP contribution in [0.4, 0.5) is 17.1 Å². The molecule has 0 spiro atoms. The van der Waals surface area contributed by atoms with Crippen LogP contribution in [0.3, 0.4) is 0 Å². The van der Waals surface area contributed by atoms with Gasteiger partial charge in [0.2, 0.25) is 0 Å². The van der Waals surface area contributed by atoms with Gasteiger partial charge in [-0.25, -0.2) is 0 Å². The molecule has 0 fully saturated rings. The van der Waals surface area contributed by atoms with Crippen molar-refractivity contribution >= 4 is 51.6 Å². The summed E-state index contributed by atoms with van der Waals surface area (Å²) in [6.07, 6.45) is 10.0. The first kappa shape index (κ1) is 39.1. The van der Waals surface area contributed by atoms with Gasteiger partial charge in [-0.05, 0) is 83.3 Å². The fourth-order valence-electron chi connectivity index (χ4n) is 8.55. The molecule has 0 saturated heterocycles. The molecule has 1 unspecified atom stereocenters. The van der Waals surface area contributed by atoms with Gasteiger partial charge in [0.25, 0.3) is 0 Å². The number of fused-ring (bicyclic) bond motifs is 4. The number of aliphatic carboxylic acids is 2. The van der Waals surface area contributed by atoms with Crippen molar-refractivity contribution in [3.63, 3.8) is 0 Å². The van der Waals surface area contributed by atoms with E-state index >= 15 is 0 Å². The zero-order chi connectivity index (χ0) is 39.5. The number of carboxylic acids is 2. The second-order valence-corrected chi connectivity index (χ2v) is 15.6. The summed E-state index contributed by atoms with van der Waals surface area (Å²) in [7, 11) is 0. The molecule has 2 heterocycles. The molecule has 8 nitrogen and oxygen atoms in total. The molecule has 0 bridgehead atoms. The monoisotopic (exact) mass is 739 g/mol. The van der Waals surface area contributed by atoms with Gasteiger partial charge >= 0.3 is 11.9 Å². The van der Waals surface area contributed by atoms with Crippen molar-refractivity contribution < 1.29 is 24.6 Å². The van der Waals surface area contributed by atoms with Crippen LogP contribution in [-0.4, -0.2) is 60.2 Å². The fraction of sp³-hybridized carbons (Fsp3) is 0.340. The summed E-state index contributed by atoms with van der Waals surface area (Å²) in [4.78, 5) is 43.3. The number of benzene rings is 4. The number of ketones is 1. The molecule has 0 aliphatic carbocycles. The first-order chi connectivity index (χ1) is 26.3. The van der Waals surface area contributed by atoms with Crippen molar-refractivity contribution in [3.05, 3.63) is 131 Å². The summed E-state index contributed by atoms with van der Waals surface area (Å²) in [5.41, 5.74) is 7.49. The second kappa shape index (κ2) is 16.0. The molecule has 2 aliphatic rings. The van der Waals surface area contributed by atoms with Gasteiger partial charge in [-0.1, -0.05) is 101 Å². The summed E-state index contributed by atoms with van der Waals surface area (Å²) in [5, 5.41) is 21.6. The van der Waals surface area contributed by atoms with Gasteiger partial charge in [0.15, 0.2) is 5.78 Å². The van der Waals surface area contributed by atoms with Gasteiger partial charge in [0, 0.05) is 66.2 Å². The molecule has 286 valence electrons. The van der Waals surface area contributed by atoms with Crippen LogP contribution >= 0.6 is 0 Å². The molecular formula is C47H53N3O5. The molecule has 4 aromatic carbocycles. The molecule has 0 aromatic heterocycles. The van der Waals surface area contributed by atoms with Crippen LogP contribution in [0.1, 0.15) is 76.6 Å². The topological polar surface area (TPSA) is 101 Å². The Labute approximate surface area is 325 Å². The van der Waals surface area contributed by atoms with Crippen molar-refractivity contribution in [1.29, 1.82) is 0 Å². The van der Waals surface area contributed by atoms with E-state index < -0.39 is 22.8 Å². The zero-order valence-corrected chi connectivity index (χ0v) is 32.9. The normalized spacial score (nSPS) is 17.7. The third-order valence-electron chi connectivity index (χ3n) is 11.4. The molecule has 0 radical (unpaired) electrons. The van der Waals surface area contributed by atoms with Gasteiger partial charge in [0.05, 0.1) is 18.9 Å². The predicted molar refractivity (Wildman–Crippen MR) is 224 cm³/mol. The predicted octanol–water partition coefficient (Wildman–Crippen LogP) is 9.16. The minimum Gasteiger partial charge on any atom is -0.481 e. The molecule has 0 saturated carbocycles. The Kier molecular flexibility index (Phi) is 11.4. The van der Waals surface area contributed by atoms with E-state index in [0.717, 1.165) is 63.3 Å². The molecule has 1 atom stereocenters. The number of carbonyl (C=O) groups is 3. The van der Waals surface area contributed by atoms with Crippen LogP contribution in [0.25, 0.3) is 16.8 Å². The van der Waals surface area contributed by atoms with E-state index in [9.17, 15) is 24.6 Å². The zero-order valence-electron chi connectivity index (χ0n) is 32.9. The number of hydrogen-bond donors (Lipinski definition) is 2. The summed E-state index contributed by atoms with van der Waals surface area (Å²) >= 11 is 0. The molecule has 6 rings (SSSR count). The Morgan fingerprint density at radius 1 is 0.818 bits per heavy atom. The van der Waals surface area contributed by atoms with Crippen molar-refractivity contribution in [3.8, 4) is 0 Å². The number of rotatable bonds is 15. The molecule has 4 aromatic rings. The van der Waals surface area contributed by atoms with Gasteiger partial charge < -0.3 is 24.9 Å². The largest absolute Gasteiger partial charge is 0.481 e. The van der Waals surface area contributed by atoms with E-state index in [2.05, 4.69) is 117 Å². The van der Waals surface area contributed by atoms with Crippen molar-refractivity contribution in [1.82, 2.24) is 0 Å². The highest BCUT2D eigenvalue weighted by Gasteiger charge is 2.44. The highest BCUT2D eigenvalue weighted by atomic mass is 16.4. The Hall–Kier alpha value is -5.63. The third kappa shape index (κ3) is 7.95. The van der Waals surface area contributed by atoms with E-state index in [-0.39, 0.29) is 31.1 Å². The SMILES string of the molecule is CCN(CC)c1ccc(/C=C/C(=O)Cc2ccc3c(c2)C(C)(C)C(/C=C/C=C2/N(CCC(=O)O)c4ccc5ccccc5c4C2(C)C)N3CCC(=O)O)cc1. The van der Waals surface area contributed by atoms with Gasteiger partial charge in [0.1, 0.15) is 0 Å². The number of hydrogen-bond acceptors (Lipinski definition) is 6. The highest BCUT2D eigenvalue weighted by Crippen LogP contribution is 2.51. The number of allylic oxidation sites excluding steroid dienone is 4. The Bertz CT molecular complexity index is 2170. The lowest BCUT2D eigenvalue weighted by atomic mass is 9.79.